The molecule has 1 aliphatic rings. The fraction of sp³-hybridized carbons (Fsp3) is 0.409. The Morgan fingerprint density at radius 2 is 1.96 bits per heavy atom. The Morgan fingerprint density at radius 1 is 1.21 bits per heavy atom. The topological polar surface area (TPSA) is 49.3 Å². The van der Waals surface area contributed by atoms with Crippen LogP contribution in [0.1, 0.15) is 26.2 Å². The van der Waals surface area contributed by atoms with Crippen LogP contribution in [0.3, 0.4) is 0 Å². The number of carbonyl (C=O) groups is 1. The predicted molar refractivity (Wildman–Crippen MR) is 116 cm³/mol. The van der Waals surface area contributed by atoms with E-state index in [0.717, 1.165) is 47.9 Å². The number of carbonyl (C=O) groups excluding carboxylic acids is 1. The third-order valence-corrected chi connectivity index (χ3v) is 6.62. The summed E-state index contributed by atoms with van der Waals surface area (Å²) in [5, 5.41) is 1.05. The summed E-state index contributed by atoms with van der Waals surface area (Å²) in [6.45, 7) is 4.72. The van der Waals surface area contributed by atoms with Crippen LogP contribution in [0.5, 0.6) is 0 Å². The largest absolute Gasteiger partial charge is 0.359 e. The van der Waals surface area contributed by atoms with Crippen LogP contribution in [-0.4, -0.2) is 47.5 Å². The van der Waals surface area contributed by atoms with Gasteiger partial charge in [0.25, 0.3) is 0 Å². The molecular weight excluding hydrogens is 368 g/mol. The summed E-state index contributed by atoms with van der Waals surface area (Å²) in [7, 11) is 2.01. The van der Waals surface area contributed by atoms with Gasteiger partial charge in [0, 0.05) is 38.0 Å². The monoisotopic (exact) mass is 394 g/mol. The highest BCUT2D eigenvalue weighted by atomic mass is 32.1. The minimum Gasteiger partial charge on any atom is -0.359 e. The minimum absolute atomic E-state index is 0.249. The fourth-order valence-corrected chi connectivity index (χ4v) is 4.68. The quantitative estimate of drug-likeness (QED) is 0.642. The van der Waals surface area contributed by atoms with E-state index in [9.17, 15) is 4.79 Å². The lowest BCUT2D eigenvalue weighted by Crippen LogP contribution is -2.39. The highest BCUT2D eigenvalue weighted by Gasteiger charge is 2.21. The zero-order valence-electron chi connectivity index (χ0n) is 16.5. The van der Waals surface area contributed by atoms with E-state index in [2.05, 4.69) is 40.0 Å². The molecule has 3 heterocycles. The molecule has 1 aromatic carbocycles. The molecule has 5 nitrogen and oxygen atoms in total. The Morgan fingerprint density at radius 3 is 2.71 bits per heavy atom. The summed E-state index contributed by atoms with van der Waals surface area (Å²) in [5.74, 6) is 1.88. The molecular formula is C22H26N4OS. The number of amides is 1. The van der Waals surface area contributed by atoms with E-state index in [1.807, 2.05) is 30.1 Å². The Hall–Kier alpha value is -2.47. The molecule has 0 spiro atoms. The smallest absolute Gasteiger partial charge is 0.224 e. The molecule has 1 saturated heterocycles. The van der Waals surface area contributed by atoms with Gasteiger partial charge in [-0.25, -0.2) is 9.97 Å². The van der Waals surface area contributed by atoms with Crippen molar-refractivity contribution < 1.29 is 4.79 Å². The molecule has 1 aliphatic heterocycles. The summed E-state index contributed by atoms with van der Waals surface area (Å²) in [6, 6.07) is 12.5. The number of anilines is 1. The van der Waals surface area contributed by atoms with Crippen LogP contribution in [0.15, 0.2) is 42.7 Å². The Kier molecular flexibility index (Phi) is 5.57. The van der Waals surface area contributed by atoms with Gasteiger partial charge in [0.2, 0.25) is 5.91 Å². The number of thiophene rings is 1. The first kappa shape index (κ1) is 18.9. The van der Waals surface area contributed by atoms with Crippen molar-refractivity contribution in [3.05, 3.63) is 42.7 Å². The van der Waals surface area contributed by atoms with Gasteiger partial charge in [0.15, 0.2) is 0 Å². The summed E-state index contributed by atoms with van der Waals surface area (Å²) in [6.07, 6.45) is 4.37. The molecule has 6 heteroatoms. The Bertz CT molecular complexity index is 948. The van der Waals surface area contributed by atoms with Crippen molar-refractivity contribution in [2.45, 2.75) is 26.2 Å². The molecule has 0 N–H and O–H groups in total. The van der Waals surface area contributed by atoms with Crippen molar-refractivity contribution in [3.63, 3.8) is 0 Å². The lowest BCUT2D eigenvalue weighted by atomic mass is 9.99. The number of fused-ring (bicyclic) bond motifs is 1. The molecule has 146 valence electrons. The number of hydrogen-bond acceptors (Lipinski definition) is 5. The number of rotatable bonds is 5. The van der Waals surface area contributed by atoms with Gasteiger partial charge in [0.1, 0.15) is 17.0 Å². The normalized spacial score (nSPS) is 15.1. The van der Waals surface area contributed by atoms with Crippen molar-refractivity contribution in [2.75, 3.05) is 31.6 Å². The Labute approximate surface area is 170 Å². The van der Waals surface area contributed by atoms with E-state index in [-0.39, 0.29) is 5.91 Å². The highest BCUT2D eigenvalue weighted by Crippen LogP contribution is 2.35. The number of piperidine rings is 1. The minimum atomic E-state index is 0.249. The van der Waals surface area contributed by atoms with Crippen molar-refractivity contribution >= 4 is 33.3 Å². The number of aromatic nitrogens is 2. The van der Waals surface area contributed by atoms with E-state index in [1.54, 1.807) is 17.7 Å². The van der Waals surface area contributed by atoms with Gasteiger partial charge < -0.3 is 9.80 Å². The first-order valence-electron chi connectivity index (χ1n) is 9.90. The summed E-state index contributed by atoms with van der Waals surface area (Å²) in [5.41, 5.74) is 1.19. The maximum atomic E-state index is 12.6. The lowest BCUT2D eigenvalue weighted by molar-refractivity contribution is -0.132. The van der Waals surface area contributed by atoms with Gasteiger partial charge in [0.05, 0.1) is 5.39 Å². The third-order valence-electron chi connectivity index (χ3n) is 5.53. The summed E-state index contributed by atoms with van der Waals surface area (Å²) < 4.78 is 0. The number of likely N-dealkylation sites (tertiary alicyclic amines) is 1. The van der Waals surface area contributed by atoms with Crippen molar-refractivity contribution in [2.24, 2.45) is 5.92 Å². The molecule has 3 aromatic rings. The van der Waals surface area contributed by atoms with Gasteiger partial charge in [-0.05, 0) is 30.4 Å². The van der Waals surface area contributed by atoms with Gasteiger partial charge in [-0.3, -0.25) is 4.79 Å². The molecule has 0 saturated carbocycles. The first-order chi connectivity index (χ1) is 13.6. The fourth-order valence-electron chi connectivity index (χ4n) is 3.68. The van der Waals surface area contributed by atoms with E-state index >= 15 is 0 Å². The average molecular weight is 395 g/mol. The van der Waals surface area contributed by atoms with E-state index in [4.69, 9.17) is 0 Å². The molecule has 0 unspecified atom stereocenters. The molecule has 0 atom stereocenters. The van der Waals surface area contributed by atoms with E-state index in [1.165, 1.54) is 10.4 Å². The first-order valence-corrected chi connectivity index (χ1v) is 10.7. The molecule has 0 aliphatic carbocycles. The van der Waals surface area contributed by atoms with E-state index in [0.29, 0.717) is 13.0 Å². The predicted octanol–water partition coefficient (Wildman–Crippen LogP) is 4.44. The summed E-state index contributed by atoms with van der Waals surface area (Å²) >= 11 is 1.68. The zero-order valence-corrected chi connectivity index (χ0v) is 17.3. The average Bonchev–Trinajstić information content (AvgIpc) is 3.17. The zero-order chi connectivity index (χ0) is 19.5. The van der Waals surface area contributed by atoms with Gasteiger partial charge in [-0.15, -0.1) is 11.3 Å². The van der Waals surface area contributed by atoms with Gasteiger partial charge in [-0.2, -0.15) is 0 Å². The van der Waals surface area contributed by atoms with Gasteiger partial charge in [-0.1, -0.05) is 37.3 Å². The second kappa shape index (κ2) is 8.27. The second-order valence-electron chi connectivity index (χ2n) is 7.63. The summed E-state index contributed by atoms with van der Waals surface area (Å²) in [4.78, 5) is 27.8. The van der Waals surface area contributed by atoms with Crippen molar-refractivity contribution in [1.29, 1.82) is 0 Å². The van der Waals surface area contributed by atoms with Gasteiger partial charge >= 0.3 is 0 Å². The van der Waals surface area contributed by atoms with Crippen molar-refractivity contribution in [1.82, 2.24) is 14.9 Å². The number of hydrogen-bond donors (Lipinski definition) is 0. The number of nitrogens with zero attached hydrogens (tertiary/aromatic N) is 4. The van der Waals surface area contributed by atoms with Crippen LogP contribution >= 0.6 is 11.3 Å². The van der Waals surface area contributed by atoms with Crippen LogP contribution < -0.4 is 4.90 Å². The molecule has 0 radical (unpaired) electrons. The van der Waals surface area contributed by atoms with Crippen LogP contribution in [-0.2, 0) is 4.79 Å². The van der Waals surface area contributed by atoms with Crippen LogP contribution in [0.4, 0.5) is 5.82 Å². The molecule has 1 amide bonds. The van der Waals surface area contributed by atoms with Crippen molar-refractivity contribution in [3.8, 4) is 10.4 Å². The number of benzene rings is 1. The molecule has 0 bridgehead atoms. The third kappa shape index (κ3) is 4.02. The lowest BCUT2D eigenvalue weighted by Gasteiger charge is -2.31. The van der Waals surface area contributed by atoms with Crippen LogP contribution in [0.25, 0.3) is 20.7 Å². The SMILES string of the molecule is CC1CCN(C(=O)CCN(C)c2ncnc3sc(-c4ccccc4)cc23)CC1. The molecule has 4 rings (SSSR count). The Balaban J connectivity index is 1.47. The maximum Gasteiger partial charge on any atom is 0.224 e. The van der Waals surface area contributed by atoms with E-state index < -0.39 is 0 Å². The highest BCUT2D eigenvalue weighted by molar-refractivity contribution is 7.21. The maximum absolute atomic E-state index is 12.6. The standard InChI is InChI=1S/C22H26N4OS/c1-16-8-12-26(13-9-16)20(27)10-11-25(2)21-18-14-19(17-6-4-3-5-7-17)28-22(18)24-15-23-21/h3-7,14-16H,8-13H2,1-2H3. The molecule has 28 heavy (non-hydrogen) atoms. The van der Waals surface area contributed by atoms with Crippen LogP contribution in [0, 0.1) is 5.92 Å². The molecule has 1 fully saturated rings. The van der Waals surface area contributed by atoms with Crippen LogP contribution in [0.2, 0.25) is 0 Å². The second-order valence-corrected chi connectivity index (χ2v) is 8.66. The molecule has 2 aromatic heterocycles.